The zero-order chi connectivity index (χ0) is 9.84. The zero-order valence-corrected chi connectivity index (χ0v) is 8.67. The lowest BCUT2D eigenvalue weighted by molar-refractivity contribution is 0.233. The number of benzene rings is 1. The molecule has 0 aliphatic heterocycles. The fourth-order valence-corrected chi connectivity index (χ4v) is 1.18. The number of nitrogens with two attached hydrogens (primary N) is 1. The van der Waals surface area contributed by atoms with E-state index in [0.717, 1.165) is 10.0 Å². The summed E-state index contributed by atoms with van der Waals surface area (Å²) in [7, 11) is 0. The molecule has 0 heterocycles. The number of rotatable bonds is 1. The number of aliphatic imine (C=N–C) groups is 1. The van der Waals surface area contributed by atoms with Crippen molar-refractivity contribution in [2.24, 2.45) is 10.7 Å². The molecule has 0 spiro atoms. The van der Waals surface area contributed by atoms with E-state index >= 15 is 0 Å². The summed E-state index contributed by atoms with van der Waals surface area (Å²) in [6, 6.07) is 5.54. The molecule has 4 N–H and O–H groups in total. The lowest BCUT2D eigenvalue weighted by Crippen LogP contribution is -2.27. The first-order valence-corrected chi connectivity index (χ1v) is 4.43. The predicted molar refractivity (Wildman–Crippen MR) is 55.1 cm³/mol. The monoisotopic (exact) mass is 243 g/mol. The maximum atomic E-state index is 8.40. The molecule has 1 rings (SSSR count). The van der Waals surface area contributed by atoms with Crippen LogP contribution in [0.2, 0.25) is 0 Å². The van der Waals surface area contributed by atoms with Crippen LogP contribution in [0.1, 0.15) is 5.56 Å². The molecule has 0 saturated heterocycles. The molecule has 0 radical (unpaired) electrons. The number of nitrogens with zero attached hydrogens (tertiary/aromatic N) is 1. The predicted octanol–water partition coefficient (Wildman–Crippen LogP) is 1.68. The van der Waals surface area contributed by atoms with Crippen LogP contribution in [0, 0.1) is 6.92 Å². The number of halogens is 1. The molecule has 1 aromatic carbocycles. The largest absolute Gasteiger partial charge is 0.368 e. The van der Waals surface area contributed by atoms with Gasteiger partial charge in [0, 0.05) is 4.47 Å². The van der Waals surface area contributed by atoms with Gasteiger partial charge in [-0.1, -0.05) is 22.0 Å². The first kappa shape index (κ1) is 10.0. The van der Waals surface area contributed by atoms with Crippen LogP contribution in [0.5, 0.6) is 0 Å². The van der Waals surface area contributed by atoms with Gasteiger partial charge in [-0.15, -0.1) is 0 Å². The molecule has 0 aliphatic carbocycles. The quantitative estimate of drug-likeness (QED) is 0.400. The molecule has 13 heavy (non-hydrogen) atoms. The summed E-state index contributed by atoms with van der Waals surface area (Å²) < 4.78 is 0.958. The first-order chi connectivity index (χ1) is 6.13. The maximum absolute atomic E-state index is 8.40. The van der Waals surface area contributed by atoms with Crippen LogP contribution in [0.15, 0.2) is 27.7 Å². The van der Waals surface area contributed by atoms with Crippen LogP contribution in [-0.4, -0.2) is 11.2 Å². The van der Waals surface area contributed by atoms with Gasteiger partial charge in [-0.25, -0.2) is 10.5 Å². The normalized spacial score (nSPS) is 11.5. The zero-order valence-electron chi connectivity index (χ0n) is 7.08. The van der Waals surface area contributed by atoms with Crippen LogP contribution in [0.25, 0.3) is 0 Å². The van der Waals surface area contributed by atoms with Crippen molar-refractivity contribution in [3.63, 3.8) is 0 Å². The molecule has 0 amide bonds. The minimum atomic E-state index is -0.0317. The van der Waals surface area contributed by atoms with Crippen molar-refractivity contribution in [3.8, 4) is 0 Å². The van der Waals surface area contributed by atoms with Gasteiger partial charge in [-0.2, -0.15) is 0 Å². The third-order valence-electron chi connectivity index (χ3n) is 1.52. The fraction of sp³-hybridized carbons (Fsp3) is 0.125. The highest BCUT2D eigenvalue weighted by molar-refractivity contribution is 9.10. The smallest absolute Gasteiger partial charge is 0.218 e. The van der Waals surface area contributed by atoms with E-state index in [1.807, 2.05) is 25.1 Å². The van der Waals surface area contributed by atoms with Crippen molar-refractivity contribution >= 4 is 27.6 Å². The molecular formula is C8H10BrN3O. The second-order valence-corrected chi connectivity index (χ2v) is 3.40. The third-order valence-corrected chi connectivity index (χ3v) is 2.37. The van der Waals surface area contributed by atoms with E-state index in [1.165, 1.54) is 0 Å². The van der Waals surface area contributed by atoms with Crippen molar-refractivity contribution in [3.05, 3.63) is 28.2 Å². The summed E-state index contributed by atoms with van der Waals surface area (Å²) in [6.45, 7) is 1.98. The van der Waals surface area contributed by atoms with E-state index in [0.29, 0.717) is 5.69 Å². The summed E-state index contributed by atoms with van der Waals surface area (Å²) in [4.78, 5) is 3.88. The lowest BCUT2D eigenvalue weighted by Gasteiger charge is -2.00. The van der Waals surface area contributed by atoms with E-state index in [2.05, 4.69) is 20.9 Å². The van der Waals surface area contributed by atoms with Crippen molar-refractivity contribution in [2.75, 3.05) is 0 Å². The average Bonchev–Trinajstić information content (AvgIpc) is 2.11. The second-order valence-electron chi connectivity index (χ2n) is 2.54. The fourth-order valence-electron chi connectivity index (χ4n) is 0.815. The highest BCUT2D eigenvalue weighted by Gasteiger charge is 1.96. The third kappa shape index (κ3) is 2.71. The van der Waals surface area contributed by atoms with Gasteiger partial charge in [0.1, 0.15) is 0 Å². The molecule has 0 fully saturated rings. The maximum Gasteiger partial charge on any atom is 0.218 e. The SMILES string of the molecule is Cc1ccc(N=C(N)NO)cc1Br. The molecule has 0 unspecified atom stereocenters. The molecule has 4 nitrogen and oxygen atoms in total. The van der Waals surface area contributed by atoms with Gasteiger partial charge >= 0.3 is 0 Å². The Hall–Kier alpha value is -1.07. The number of aryl methyl sites for hydroxylation is 1. The molecule has 1 aromatic rings. The Morgan fingerprint density at radius 3 is 2.85 bits per heavy atom. The van der Waals surface area contributed by atoms with Crippen LogP contribution >= 0.6 is 15.9 Å². The minimum absolute atomic E-state index is 0.0317. The van der Waals surface area contributed by atoms with Crippen LogP contribution in [-0.2, 0) is 0 Å². The number of hydrogen-bond acceptors (Lipinski definition) is 2. The van der Waals surface area contributed by atoms with Gasteiger partial charge in [0.15, 0.2) is 0 Å². The van der Waals surface area contributed by atoms with E-state index in [1.54, 1.807) is 5.48 Å². The molecule has 0 saturated carbocycles. The Kier molecular flexibility index (Phi) is 3.27. The minimum Gasteiger partial charge on any atom is -0.368 e. The number of nitrogens with one attached hydrogen (secondary N) is 1. The number of hydrogen-bond donors (Lipinski definition) is 3. The summed E-state index contributed by atoms with van der Waals surface area (Å²) in [5, 5.41) is 8.40. The average molecular weight is 244 g/mol. The van der Waals surface area contributed by atoms with E-state index in [-0.39, 0.29) is 5.96 Å². The van der Waals surface area contributed by atoms with Crippen molar-refractivity contribution < 1.29 is 5.21 Å². The second kappa shape index (κ2) is 4.25. The Morgan fingerprint density at radius 2 is 2.31 bits per heavy atom. The molecule has 70 valence electrons. The summed E-state index contributed by atoms with van der Waals surface area (Å²) in [5.41, 5.74) is 8.82. The van der Waals surface area contributed by atoms with Gasteiger partial charge in [0.2, 0.25) is 5.96 Å². The Labute approximate surface area is 84.6 Å². The molecule has 0 aliphatic rings. The summed E-state index contributed by atoms with van der Waals surface area (Å²) in [6.07, 6.45) is 0. The molecule has 0 atom stereocenters. The van der Waals surface area contributed by atoms with Crippen LogP contribution < -0.4 is 11.2 Å². The van der Waals surface area contributed by atoms with Gasteiger partial charge in [0.25, 0.3) is 0 Å². The Bertz CT molecular complexity index is 338. The van der Waals surface area contributed by atoms with Crippen molar-refractivity contribution in [1.29, 1.82) is 0 Å². The van der Waals surface area contributed by atoms with E-state index < -0.39 is 0 Å². The first-order valence-electron chi connectivity index (χ1n) is 3.64. The summed E-state index contributed by atoms with van der Waals surface area (Å²) in [5.74, 6) is -0.0317. The standard InChI is InChI=1S/C8H10BrN3O/c1-5-2-3-6(4-7(5)9)11-8(10)12-13/h2-4,13H,1H3,(H3,10,11,12). The van der Waals surface area contributed by atoms with Crippen molar-refractivity contribution in [2.45, 2.75) is 6.92 Å². The highest BCUT2D eigenvalue weighted by atomic mass is 79.9. The van der Waals surface area contributed by atoms with Gasteiger partial charge < -0.3 is 5.73 Å². The molecule has 5 heteroatoms. The lowest BCUT2D eigenvalue weighted by atomic mass is 10.2. The van der Waals surface area contributed by atoms with E-state index in [4.69, 9.17) is 10.9 Å². The van der Waals surface area contributed by atoms with Crippen LogP contribution in [0.3, 0.4) is 0 Å². The van der Waals surface area contributed by atoms with Gasteiger partial charge in [-0.05, 0) is 24.6 Å². The number of hydroxylamine groups is 1. The van der Waals surface area contributed by atoms with Crippen LogP contribution in [0.4, 0.5) is 5.69 Å². The van der Waals surface area contributed by atoms with Gasteiger partial charge in [-0.3, -0.25) is 5.21 Å². The molecule has 0 aromatic heterocycles. The highest BCUT2D eigenvalue weighted by Crippen LogP contribution is 2.22. The van der Waals surface area contributed by atoms with Gasteiger partial charge in [0.05, 0.1) is 5.69 Å². The Balaban J connectivity index is 2.98. The van der Waals surface area contributed by atoms with E-state index in [9.17, 15) is 0 Å². The molecule has 0 bridgehead atoms. The molecular weight excluding hydrogens is 234 g/mol. The van der Waals surface area contributed by atoms with Crippen molar-refractivity contribution in [1.82, 2.24) is 5.48 Å². The Morgan fingerprint density at radius 1 is 1.62 bits per heavy atom. The summed E-state index contributed by atoms with van der Waals surface area (Å²) >= 11 is 3.36. The topological polar surface area (TPSA) is 70.6 Å². The number of guanidine groups is 1.